The minimum absolute atomic E-state index is 0.453. The lowest BCUT2D eigenvalue weighted by atomic mass is 9.92. The molecule has 0 heterocycles. The van der Waals surface area contributed by atoms with Crippen LogP contribution in [0.2, 0.25) is 0 Å². The maximum Gasteiger partial charge on any atom is 0.00556 e. The molecule has 0 aromatic carbocycles. The van der Waals surface area contributed by atoms with Crippen molar-refractivity contribution in [2.45, 2.75) is 31.7 Å². The lowest BCUT2D eigenvalue weighted by Gasteiger charge is -2.21. The van der Waals surface area contributed by atoms with E-state index in [0.717, 1.165) is 0 Å². The Morgan fingerprint density at radius 2 is 1.91 bits per heavy atom. The highest BCUT2D eigenvalue weighted by atomic mass is 15.0. The molecule has 2 nitrogen and oxygen atoms in total. The Morgan fingerprint density at radius 3 is 2.36 bits per heavy atom. The molecule has 2 N–H and O–H groups in total. The smallest absolute Gasteiger partial charge is 0.00556 e. The predicted octanol–water partition coefficient (Wildman–Crippen LogP) is 1.33. The highest BCUT2D eigenvalue weighted by Crippen LogP contribution is 2.21. The van der Waals surface area contributed by atoms with Crippen molar-refractivity contribution >= 4 is 0 Å². The Hall–Kier alpha value is -0.500. The first-order valence-electron chi connectivity index (χ1n) is 4.30. The lowest BCUT2D eigenvalue weighted by molar-refractivity contribution is 0.487. The fraction of sp³-hybridized carbons (Fsp3) is 0.778. The van der Waals surface area contributed by atoms with Gasteiger partial charge in [0.1, 0.15) is 0 Å². The van der Waals surface area contributed by atoms with Gasteiger partial charge in [0.15, 0.2) is 0 Å². The number of hydrogen-bond acceptors (Lipinski definition) is 2. The zero-order chi connectivity index (χ0) is 8.27. The summed E-state index contributed by atoms with van der Waals surface area (Å²) >= 11 is 0. The first-order valence-corrected chi connectivity index (χ1v) is 4.30. The van der Waals surface area contributed by atoms with Crippen LogP contribution in [0.15, 0.2) is 11.8 Å². The van der Waals surface area contributed by atoms with Crippen molar-refractivity contribution in [3.63, 3.8) is 0 Å². The fourth-order valence-corrected chi connectivity index (χ4v) is 1.51. The summed E-state index contributed by atoms with van der Waals surface area (Å²) in [5, 5.41) is 0. The van der Waals surface area contributed by atoms with Crippen LogP contribution >= 0.6 is 0 Å². The van der Waals surface area contributed by atoms with Crippen molar-refractivity contribution in [3.8, 4) is 0 Å². The number of nitrogens with two attached hydrogens (primary N) is 1. The molecule has 1 fully saturated rings. The average Bonchev–Trinajstić information content (AvgIpc) is 1.93. The molecule has 11 heavy (non-hydrogen) atoms. The second kappa shape index (κ2) is 3.77. The van der Waals surface area contributed by atoms with Crippen molar-refractivity contribution in [3.05, 3.63) is 11.8 Å². The second-order valence-electron chi connectivity index (χ2n) is 3.59. The highest BCUT2D eigenvalue weighted by molar-refractivity contribution is 5.04. The first kappa shape index (κ1) is 8.60. The van der Waals surface area contributed by atoms with E-state index in [9.17, 15) is 0 Å². The van der Waals surface area contributed by atoms with Crippen LogP contribution in [0.4, 0.5) is 0 Å². The SMILES string of the molecule is CN(C)C=C1CCC(N)CC1. The lowest BCUT2D eigenvalue weighted by Crippen LogP contribution is -2.23. The van der Waals surface area contributed by atoms with Gasteiger partial charge in [-0.2, -0.15) is 0 Å². The number of nitrogens with zero attached hydrogens (tertiary/aromatic N) is 1. The molecule has 0 aromatic heterocycles. The molecule has 0 unspecified atom stereocenters. The van der Waals surface area contributed by atoms with Crippen LogP contribution in [0.3, 0.4) is 0 Å². The van der Waals surface area contributed by atoms with E-state index in [1.807, 2.05) is 0 Å². The predicted molar refractivity (Wildman–Crippen MR) is 48.2 cm³/mol. The van der Waals surface area contributed by atoms with Crippen LogP contribution in [0.25, 0.3) is 0 Å². The molecule has 1 aliphatic rings. The maximum absolute atomic E-state index is 5.79. The third-order valence-electron chi connectivity index (χ3n) is 2.11. The molecule has 0 saturated heterocycles. The first-order chi connectivity index (χ1) is 5.18. The van der Waals surface area contributed by atoms with Gasteiger partial charge in [0.25, 0.3) is 0 Å². The molecule has 1 rings (SSSR count). The quantitative estimate of drug-likeness (QED) is 0.617. The molecule has 2 heteroatoms. The van der Waals surface area contributed by atoms with Gasteiger partial charge in [0.2, 0.25) is 0 Å². The highest BCUT2D eigenvalue weighted by Gasteiger charge is 2.11. The summed E-state index contributed by atoms with van der Waals surface area (Å²) in [7, 11) is 4.14. The van der Waals surface area contributed by atoms with E-state index in [0.29, 0.717) is 6.04 Å². The van der Waals surface area contributed by atoms with Crippen LogP contribution in [0.5, 0.6) is 0 Å². The standard InChI is InChI=1S/C9H18N2/c1-11(2)7-8-3-5-9(10)6-4-8/h7,9H,3-6,10H2,1-2H3. The molecule has 0 bridgehead atoms. The van der Waals surface area contributed by atoms with E-state index in [2.05, 4.69) is 25.2 Å². The van der Waals surface area contributed by atoms with Crippen molar-refractivity contribution < 1.29 is 0 Å². The maximum atomic E-state index is 5.79. The molecular weight excluding hydrogens is 136 g/mol. The van der Waals surface area contributed by atoms with Crippen molar-refractivity contribution in [1.82, 2.24) is 4.90 Å². The third-order valence-corrected chi connectivity index (χ3v) is 2.11. The summed E-state index contributed by atoms with van der Waals surface area (Å²) in [4.78, 5) is 2.12. The van der Waals surface area contributed by atoms with Crippen LogP contribution in [0, 0.1) is 0 Å². The van der Waals surface area contributed by atoms with Gasteiger partial charge in [-0.05, 0) is 31.9 Å². The second-order valence-corrected chi connectivity index (χ2v) is 3.59. The Balaban J connectivity index is 2.38. The molecule has 0 aliphatic heterocycles. The van der Waals surface area contributed by atoms with Crippen molar-refractivity contribution in [1.29, 1.82) is 0 Å². The van der Waals surface area contributed by atoms with E-state index in [4.69, 9.17) is 5.73 Å². The van der Waals surface area contributed by atoms with Crippen LogP contribution in [-0.4, -0.2) is 25.0 Å². The van der Waals surface area contributed by atoms with Gasteiger partial charge in [-0.25, -0.2) is 0 Å². The van der Waals surface area contributed by atoms with Gasteiger partial charge >= 0.3 is 0 Å². The third kappa shape index (κ3) is 2.93. The summed E-state index contributed by atoms with van der Waals surface area (Å²) in [6.45, 7) is 0. The summed E-state index contributed by atoms with van der Waals surface area (Å²) in [5.41, 5.74) is 7.34. The average molecular weight is 154 g/mol. The molecule has 1 saturated carbocycles. The normalized spacial score (nSPS) is 25.0. The summed E-state index contributed by atoms with van der Waals surface area (Å²) < 4.78 is 0. The van der Waals surface area contributed by atoms with Gasteiger partial charge in [-0.15, -0.1) is 0 Å². The van der Waals surface area contributed by atoms with Crippen LogP contribution in [0.1, 0.15) is 25.7 Å². The Kier molecular flexibility index (Phi) is 2.94. The molecule has 0 aromatic rings. The summed E-state index contributed by atoms with van der Waals surface area (Å²) in [5.74, 6) is 0. The zero-order valence-corrected chi connectivity index (χ0v) is 7.51. The summed E-state index contributed by atoms with van der Waals surface area (Å²) in [6.07, 6.45) is 6.95. The van der Waals surface area contributed by atoms with E-state index < -0.39 is 0 Å². The van der Waals surface area contributed by atoms with E-state index in [1.54, 1.807) is 5.57 Å². The minimum Gasteiger partial charge on any atom is -0.384 e. The monoisotopic (exact) mass is 154 g/mol. The van der Waals surface area contributed by atoms with Gasteiger partial charge in [-0.1, -0.05) is 5.57 Å². The number of rotatable bonds is 1. The Morgan fingerprint density at radius 1 is 1.36 bits per heavy atom. The van der Waals surface area contributed by atoms with Gasteiger partial charge in [-0.3, -0.25) is 0 Å². The van der Waals surface area contributed by atoms with E-state index >= 15 is 0 Å². The van der Waals surface area contributed by atoms with Gasteiger partial charge in [0, 0.05) is 20.1 Å². The van der Waals surface area contributed by atoms with Gasteiger partial charge < -0.3 is 10.6 Å². The molecule has 0 atom stereocenters. The van der Waals surface area contributed by atoms with E-state index in [1.165, 1.54) is 25.7 Å². The molecular formula is C9H18N2. The minimum atomic E-state index is 0.453. The molecule has 1 aliphatic carbocycles. The van der Waals surface area contributed by atoms with Gasteiger partial charge in [0.05, 0.1) is 0 Å². The summed E-state index contributed by atoms with van der Waals surface area (Å²) in [6, 6.07) is 0.453. The van der Waals surface area contributed by atoms with Crippen LogP contribution < -0.4 is 5.73 Å². The topological polar surface area (TPSA) is 29.3 Å². The van der Waals surface area contributed by atoms with E-state index in [-0.39, 0.29) is 0 Å². The van der Waals surface area contributed by atoms with Crippen LogP contribution in [-0.2, 0) is 0 Å². The molecule has 0 amide bonds. The Bertz CT molecular complexity index is 140. The molecule has 0 radical (unpaired) electrons. The molecule has 64 valence electrons. The molecule has 0 spiro atoms. The number of allylic oxidation sites excluding steroid dienone is 1. The number of hydrogen-bond donors (Lipinski definition) is 1. The zero-order valence-electron chi connectivity index (χ0n) is 7.51. The Labute approximate surface area is 69.1 Å². The fourth-order valence-electron chi connectivity index (χ4n) is 1.51. The largest absolute Gasteiger partial charge is 0.384 e. The van der Waals surface area contributed by atoms with Crippen molar-refractivity contribution in [2.24, 2.45) is 5.73 Å². The van der Waals surface area contributed by atoms with Crippen molar-refractivity contribution in [2.75, 3.05) is 14.1 Å².